The fourth-order valence-electron chi connectivity index (χ4n) is 3.10. The normalized spacial score (nSPS) is 17.5. The Bertz CT molecular complexity index is 1050. The molecule has 1 aliphatic heterocycles. The lowest BCUT2D eigenvalue weighted by atomic mass is 10.2. The lowest BCUT2D eigenvalue weighted by molar-refractivity contribution is 0.403. The van der Waals surface area contributed by atoms with Gasteiger partial charge in [-0.15, -0.1) is 0 Å². The summed E-state index contributed by atoms with van der Waals surface area (Å²) in [6.45, 7) is 2.45. The van der Waals surface area contributed by atoms with Gasteiger partial charge in [-0.2, -0.15) is 4.31 Å². The van der Waals surface area contributed by atoms with E-state index in [1.807, 2.05) is 0 Å². The van der Waals surface area contributed by atoms with E-state index >= 15 is 0 Å². The third-order valence-corrected chi connectivity index (χ3v) is 8.59. The second-order valence-corrected chi connectivity index (χ2v) is 11.1. The molecule has 1 saturated heterocycles. The fraction of sp³-hybridized carbons (Fsp3) is 0.471. The molecule has 0 atom stereocenters. The Balaban J connectivity index is 1.73. The molecule has 8 nitrogen and oxygen atoms in total. The highest BCUT2D eigenvalue weighted by atomic mass is 35.5. The molecule has 0 N–H and O–H groups in total. The number of benzene rings is 1. The number of nitrogens with zero attached hydrogens (tertiary/aromatic N) is 4. The number of aryl methyl sites for hydroxylation is 2. The van der Waals surface area contributed by atoms with E-state index in [9.17, 15) is 16.8 Å². The van der Waals surface area contributed by atoms with Crippen molar-refractivity contribution in [2.24, 2.45) is 7.05 Å². The lowest BCUT2D eigenvalue weighted by Crippen LogP contribution is -2.37. The van der Waals surface area contributed by atoms with Crippen LogP contribution in [0.5, 0.6) is 0 Å². The summed E-state index contributed by atoms with van der Waals surface area (Å²) in [5, 5.41) is 0.467. The van der Waals surface area contributed by atoms with Crippen LogP contribution in [0.4, 0.5) is 0 Å². The van der Waals surface area contributed by atoms with E-state index in [1.54, 1.807) is 42.8 Å². The van der Waals surface area contributed by atoms with Crippen molar-refractivity contribution in [1.82, 2.24) is 18.2 Å². The van der Waals surface area contributed by atoms with Crippen LogP contribution >= 0.6 is 11.6 Å². The van der Waals surface area contributed by atoms with Crippen molar-refractivity contribution in [2.75, 3.05) is 26.2 Å². The first-order valence-corrected chi connectivity index (χ1v) is 12.2. The minimum atomic E-state index is -3.76. The number of sulfonamides is 2. The molecule has 0 bridgehead atoms. The molecule has 0 saturated carbocycles. The first-order chi connectivity index (χ1) is 13.1. The molecule has 0 unspecified atom stereocenters. The maximum atomic E-state index is 12.9. The van der Waals surface area contributed by atoms with Gasteiger partial charge in [0.2, 0.25) is 10.0 Å². The fourth-order valence-corrected chi connectivity index (χ4v) is 6.36. The Hall–Kier alpha value is -1.46. The van der Waals surface area contributed by atoms with E-state index in [4.69, 9.17) is 11.6 Å². The van der Waals surface area contributed by atoms with Gasteiger partial charge in [0.05, 0.1) is 5.75 Å². The van der Waals surface area contributed by atoms with Crippen LogP contribution in [-0.2, 0) is 32.8 Å². The summed E-state index contributed by atoms with van der Waals surface area (Å²) in [4.78, 5) is 4.11. The van der Waals surface area contributed by atoms with Gasteiger partial charge in [-0.05, 0) is 31.0 Å². The molecule has 0 spiro atoms. The molecular weight excluding hydrogens is 424 g/mol. The molecule has 154 valence electrons. The quantitative estimate of drug-likeness (QED) is 0.695. The van der Waals surface area contributed by atoms with Gasteiger partial charge >= 0.3 is 0 Å². The SMILES string of the molecule is Cc1nc(S(=O)(=O)N2CCCN(S(=O)(=O)Cc3cccc(Cl)c3)CC2)cn1C. The summed E-state index contributed by atoms with van der Waals surface area (Å²) >= 11 is 5.94. The number of rotatable bonds is 5. The summed E-state index contributed by atoms with van der Waals surface area (Å²) < 4.78 is 55.6. The minimum Gasteiger partial charge on any atom is -0.337 e. The molecule has 0 amide bonds. The maximum absolute atomic E-state index is 12.9. The Morgan fingerprint density at radius 3 is 2.39 bits per heavy atom. The Morgan fingerprint density at radius 2 is 1.75 bits per heavy atom. The molecule has 28 heavy (non-hydrogen) atoms. The zero-order chi connectivity index (χ0) is 20.5. The lowest BCUT2D eigenvalue weighted by Gasteiger charge is -2.21. The van der Waals surface area contributed by atoms with Crippen molar-refractivity contribution in [2.45, 2.75) is 24.1 Å². The first-order valence-electron chi connectivity index (χ1n) is 8.82. The van der Waals surface area contributed by atoms with Crippen LogP contribution in [0.3, 0.4) is 0 Å². The predicted molar refractivity (Wildman–Crippen MR) is 107 cm³/mol. The highest BCUT2D eigenvalue weighted by Crippen LogP contribution is 2.20. The van der Waals surface area contributed by atoms with Crippen molar-refractivity contribution in [1.29, 1.82) is 0 Å². The zero-order valence-electron chi connectivity index (χ0n) is 15.7. The van der Waals surface area contributed by atoms with Crippen molar-refractivity contribution in [3.8, 4) is 0 Å². The number of aromatic nitrogens is 2. The summed E-state index contributed by atoms with van der Waals surface area (Å²) in [6.07, 6.45) is 1.89. The second-order valence-electron chi connectivity index (χ2n) is 6.78. The van der Waals surface area contributed by atoms with Gasteiger partial charge in [-0.1, -0.05) is 23.7 Å². The van der Waals surface area contributed by atoms with Gasteiger partial charge in [0.1, 0.15) is 5.82 Å². The Labute approximate surface area is 170 Å². The molecule has 3 rings (SSSR count). The van der Waals surface area contributed by atoms with E-state index < -0.39 is 20.0 Å². The molecular formula is C17H23ClN4O4S2. The van der Waals surface area contributed by atoms with Crippen LogP contribution in [0.1, 0.15) is 17.8 Å². The van der Waals surface area contributed by atoms with Crippen LogP contribution in [0, 0.1) is 6.92 Å². The number of hydrogen-bond donors (Lipinski definition) is 0. The van der Waals surface area contributed by atoms with E-state index in [0.29, 0.717) is 22.8 Å². The van der Waals surface area contributed by atoms with Crippen LogP contribution in [0.15, 0.2) is 35.5 Å². The molecule has 0 aliphatic carbocycles. The third-order valence-electron chi connectivity index (χ3n) is 4.74. The molecule has 1 aromatic heterocycles. The summed E-state index contributed by atoms with van der Waals surface area (Å²) in [7, 11) is -5.61. The molecule has 1 fully saturated rings. The van der Waals surface area contributed by atoms with Crippen LogP contribution in [0.25, 0.3) is 0 Å². The first kappa shape index (κ1) is 21.3. The number of hydrogen-bond acceptors (Lipinski definition) is 5. The topological polar surface area (TPSA) is 92.6 Å². The third kappa shape index (κ3) is 4.57. The van der Waals surface area contributed by atoms with Gasteiger partial charge in [0, 0.05) is 44.4 Å². The van der Waals surface area contributed by atoms with Crippen LogP contribution in [0.2, 0.25) is 5.02 Å². The van der Waals surface area contributed by atoms with Gasteiger partial charge in [0.25, 0.3) is 10.0 Å². The molecule has 1 aromatic carbocycles. The van der Waals surface area contributed by atoms with E-state index in [2.05, 4.69) is 4.98 Å². The number of halogens is 1. The predicted octanol–water partition coefficient (Wildman–Crippen LogP) is 1.61. The highest BCUT2D eigenvalue weighted by molar-refractivity contribution is 7.89. The summed E-state index contributed by atoms with van der Waals surface area (Å²) in [5.74, 6) is 0.429. The summed E-state index contributed by atoms with van der Waals surface area (Å²) in [6, 6.07) is 6.73. The van der Waals surface area contributed by atoms with Crippen LogP contribution < -0.4 is 0 Å². The Morgan fingerprint density at radius 1 is 1.07 bits per heavy atom. The smallest absolute Gasteiger partial charge is 0.262 e. The highest BCUT2D eigenvalue weighted by Gasteiger charge is 2.32. The minimum absolute atomic E-state index is 0.0114. The van der Waals surface area contributed by atoms with Gasteiger partial charge in [0.15, 0.2) is 5.03 Å². The van der Waals surface area contributed by atoms with E-state index in [1.165, 1.54) is 14.8 Å². The van der Waals surface area contributed by atoms with Crippen molar-refractivity contribution in [3.05, 3.63) is 46.9 Å². The van der Waals surface area contributed by atoms with E-state index in [-0.39, 0.29) is 37.0 Å². The van der Waals surface area contributed by atoms with Gasteiger partial charge in [-0.3, -0.25) is 0 Å². The Kier molecular flexibility index (Phi) is 6.16. The molecule has 1 aliphatic rings. The largest absolute Gasteiger partial charge is 0.337 e. The number of imidazole rings is 1. The second kappa shape index (κ2) is 8.11. The van der Waals surface area contributed by atoms with E-state index in [0.717, 1.165) is 0 Å². The average Bonchev–Trinajstić information content (AvgIpc) is 2.83. The molecule has 11 heteroatoms. The maximum Gasteiger partial charge on any atom is 0.262 e. The monoisotopic (exact) mass is 446 g/mol. The average molecular weight is 447 g/mol. The molecule has 2 aromatic rings. The zero-order valence-corrected chi connectivity index (χ0v) is 18.1. The molecule has 0 radical (unpaired) electrons. The van der Waals surface area contributed by atoms with Crippen molar-refractivity contribution >= 4 is 31.6 Å². The molecule has 2 heterocycles. The standard InChI is InChI=1S/C17H23ClN4O4S2/c1-14-19-17(12-20(14)2)28(25,26)22-8-4-7-21(9-10-22)27(23,24)13-15-5-3-6-16(18)11-15/h3,5-6,11-12H,4,7-10,13H2,1-2H3. The van der Waals surface area contributed by atoms with Crippen molar-refractivity contribution < 1.29 is 16.8 Å². The van der Waals surface area contributed by atoms with Crippen molar-refractivity contribution in [3.63, 3.8) is 0 Å². The van der Waals surface area contributed by atoms with Gasteiger partial charge in [-0.25, -0.2) is 26.1 Å². The summed E-state index contributed by atoms with van der Waals surface area (Å²) in [5.41, 5.74) is 0.602. The van der Waals surface area contributed by atoms with Crippen LogP contribution in [-0.4, -0.2) is 61.2 Å². The van der Waals surface area contributed by atoms with Gasteiger partial charge < -0.3 is 4.57 Å².